The molecule has 1 aliphatic rings. The Hall–Kier alpha value is -2.33. The zero-order valence-electron chi connectivity index (χ0n) is 18.2. The maximum absolute atomic E-state index is 13.2. The molecule has 0 aliphatic carbocycles. The largest absolute Gasteiger partial charge is 0.474 e. The Labute approximate surface area is 175 Å². The van der Waals surface area contributed by atoms with Crippen LogP contribution in [-0.2, 0) is 4.79 Å². The number of para-hydroxylation sites is 2. The summed E-state index contributed by atoms with van der Waals surface area (Å²) >= 11 is 0. The van der Waals surface area contributed by atoms with Gasteiger partial charge in [0.15, 0.2) is 0 Å². The van der Waals surface area contributed by atoms with Crippen molar-refractivity contribution in [1.82, 2.24) is 4.90 Å². The molecule has 1 unspecified atom stereocenters. The van der Waals surface area contributed by atoms with Crippen molar-refractivity contribution in [2.45, 2.75) is 65.1 Å². The summed E-state index contributed by atoms with van der Waals surface area (Å²) in [6.07, 6.45) is 2.69. The van der Waals surface area contributed by atoms with E-state index in [-0.39, 0.29) is 5.91 Å². The number of fused-ring (bicyclic) bond motifs is 1. The van der Waals surface area contributed by atoms with Crippen LogP contribution in [-0.4, -0.2) is 36.0 Å². The highest BCUT2D eigenvalue weighted by molar-refractivity contribution is 6.00. The molecular formula is C25H34N2O2. The maximum atomic E-state index is 13.2. The summed E-state index contributed by atoms with van der Waals surface area (Å²) < 4.78 is 6.07. The highest BCUT2D eigenvalue weighted by Crippen LogP contribution is 2.38. The van der Waals surface area contributed by atoms with E-state index in [1.165, 1.54) is 0 Å². The van der Waals surface area contributed by atoms with Gasteiger partial charge >= 0.3 is 0 Å². The lowest BCUT2D eigenvalue weighted by Gasteiger charge is -2.34. The summed E-state index contributed by atoms with van der Waals surface area (Å²) in [5, 5.41) is 0. The van der Waals surface area contributed by atoms with Crippen LogP contribution in [0.5, 0.6) is 5.75 Å². The molecule has 0 radical (unpaired) electrons. The Morgan fingerprint density at radius 2 is 1.55 bits per heavy atom. The van der Waals surface area contributed by atoms with Crippen molar-refractivity contribution >= 4 is 11.6 Å². The Balaban J connectivity index is 1.64. The van der Waals surface area contributed by atoms with Gasteiger partial charge in [0.25, 0.3) is 5.91 Å². The number of ether oxygens (including phenoxy) is 1. The van der Waals surface area contributed by atoms with Gasteiger partial charge < -0.3 is 9.64 Å². The van der Waals surface area contributed by atoms with Crippen LogP contribution < -0.4 is 9.64 Å². The molecule has 1 amide bonds. The molecule has 0 bridgehead atoms. The molecule has 2 aromatic carbocycles. The second kappa shape index (κ2) is 9.93. The fourth-order valence-electron chi connectivity index (χ4n) is 4.14. The molecule has 0 saturated carbocycles. The third kappa shape index (κ3) is 5.18. The first kappa shape index (κ1) is 21.4. The predicted octanol–water partition coefficient (Wildman–Crippen LogP) is 5.44. The van der Waals surface area contributed by atoms with Crippen LogP contribution in [0.15, 0.2) is 54.6 Å². The molecule has 1 atom stereocenters. The highest BCUT2D eigenvalue weighted by Gasteiger charge is 2.34. The zero-order valence-corrected chi connectivity index (χ0v) is 18.2. The maximum Gasteiger partial charge on any atom is 0.272 e. The molecule has 0 fully saturated rings. The average molecular weight is 395 g/mol. The second-order valence-electron chi connectivity index (χ2n) is 8.35. The number of nitrogens with zero attached hydrogens (tertiary/aromatic N) is 2. The lowest BCUT2D eigenvalue weighted by Crippen LogP contribution is -2.41. The molecule has 0 N–H and O–H groups in total. The first-order valence-corrected chi connectivity index (χ1v) is 10.9. The number of carbonyl (C=O) groups is 1. The Bertz CT molecular complexity index is 780. The van der Waals surface area contributed by atoms with E-state index in [9.17, 15) is 4.79 Å². The van der Waals surface area contributed by atoms with Crippen molar-refractivity contribution in [3.8, 4) is 5.75 Å². The molecule has 156 valence electrons. The van der Waals surface area contributed by atoms with E-state index >= 15 is 0 Å². The molecule has 1 heterocycles. The summed E-state index contributed by atoms with van der Waals surface area (Å²) in [5.74, 6) is 0.813. The van der Waals surface area contributed by atoms with E-state index < -0.39 is 6.10 Å². The van der Waals surface area contributed by atoms with Crippen molar-refractivity contribution in [2.75, 3.05) is 18.0 Å². The lowest BCUT2D eigenvalue weighted by molar-refractivity contribution is -0.126. The van der Waals surface area contributed by atoms with Crippen LogP contribution in [0.1, 0.15) is 58.6 Å². The van der Waals surface area contributed by atoms with Gasteiger partial charge in [-0.3, -0.25) is 9.69 Å². The molecule has 0 saturated heterocycles. The lowest BCUT2D eigenvalue weighted by atomic mass is 10.0. The number of carbonyl (C=O) groups excluding carboxylic acids is 1. The van der Waals surface area contributed by atoms with Gasteiger partial charge in [0.05, 0.1) is 5.69 Å². The number of unbranched alkanes of at least 4 members (excludes halogenated alkanes) is 2. The number of amides is 1. The number of rotatable bonds is 9. The Morgan fingerprint density at radius 1 is 0.897 bits per heavy atom. The van der Waals surface area contributed by atoms with Crippen LogP contribution in [0.25, 0.3) is 0 Å². The third-order valence-electron chi connectivity index (χ3n) is 5.62. The summed E-state index contributed by atoms with van der Waals surface area (Å²) in [6.45, 7) is 10.9. The van der Waals surface area contributed by atoms with Crippen LogP contribution >= 0.6 is 0 Å². The minimum absolute atomic E-state index is 0.0286. The molecule has 29 heavy (non-hydrogen) atoms. The molecule has 1 aliphatic heterocycles. The zero-order chi connectivity index (χ0) is 20.8. The SMILES string of the molecule is CC(C)N(CCCCCN1C(=O)C(c2ccccc2)Oc2ccccc21)C(C)C. The first-order chi connectivity index (χ1) is 14.0. The minimum Gasteiger partial charge on any atom is -0.474 e. The molecule has 3 rings (SSSR count). The Morgan fingerprint density at radius 3 is 2.24 bits per heavy atom. The predicted molar refractivity (Wildman–Crippen MR) is 119 cm³/mol. The van der Waals surface area contributed by atoms with E-state index in [4.69, 9.17) is 4.74 Å². The van der Waals surface area contributed by atoms with Crippen LogP contribution in [0.3, 0.4) is 0 Å². The van der Waals surface area contributed by atoms with Gasteiger partial charge in [-0.1, -0.05) is 48.9 Å². The van der Waals surface area contributed by atoms with E-state index in [1.54, 1.807) is 0 Å². The monoisotopic (exact) mass is 394 g/mol. The number of benzene rings is 2. The second-order valence-corrected chi connectivity index (χ2v) is 8.35. The van der Waals surface area contributed by atoms with Gasteiger partial charge in [-0.2, -0.15) is 0 Å². The fourth-order valence-corrected chi connectivity index (χ4v) is 4.14. The smallest absolute Gasteiger partial charge is 0.272 e. The number of anilines is 1. The number of hydrogen-bond donors (Lipinski definition) is 0. The van der Waals surface area contributed by atoms with Crippen LogP contribution in [0, 0.1) is 0 Å². The van der Waals surface area contributed by atoms with Crippen molar-refractivity contribution in [3.63, 3.8) is 0 Å². The van der Waals surface area contributed by atoms with E-state index in [2.05, 4.69) is 32.6 Å². The van der Waals surface area contributed by atoms with Gasteiger partial charge in [-0.15, -0.1) is 0 Å². The van der Waals surface area contributed by atoms with Gasteiger partial charge in [0, 0.05) is 24.2 Å². The highest BCUT2D eigenvalue weighted by atomic mass is 16.5. The molecule has 0 aromatic heterocycles. The van der Waals surface area contributed by atoms with Crippen molar-refractivity contribution < 1.29 is 9.53 Å². The minimum atomic E-state index is -0.566. The van der Waals surface area contributed by atoms with Gasteiger partial charge in [-0.25, -0.2) is 0 Å². The average Bonchev–Trinajstić information content (AvgIpc) is 2.71. The van der Waals surface area contributed by atoms with Crippen molar-refractivity contribution in [1.29, 1.82) is 0 Å². The van der Waals surface area contributed by atoms with Gasteiger partial charge in [0.1, 0.15) is 5.75 Å². The van der Waals surface area contributed by atoms with E-state index in [1.807, 2.05) is 59.5 Å². The normalized spacial score (nSPS) is 16.4. The van der Waals surface area contributed by atoms with Crippen molar-refractivity contribution in [2.24, 2.45) is 0 Å². The number of hydrogen-bond acceptors (Lipinski definition) is 3. The molecule has 4 nitrogen and oxygen atoms in total. The van der Waals surface area contributed by atoms with Gasteiger partial charge in [-0.05, 0) is 59.2 Å². The molecule has 0 spiro atoms. The molecule has 2 aromatic rings. The fraction of sp³-hybridized carbons (Fsp3) is 0.480. The summed E-state index contributed by atoms with van der Waals surface area (Å²) in [5.41, 5.74) is 1.79. The molecular weight excluding hydrogens is 360 g/mol. The van der Waals surface area contributed by atoms with Crippen LogP contribution in [0.2, 0.25) is 0 Å². The Kier molecular flexibility index (Phi) is 7.32. The van der Waals surface area contributed by atoms with E-state index in [0.717, 1.165) is 49.4 Å². The summed E-state index contributed by atoms with van der Waals surface area (Å²) in [6, 6.07) is 18.8. The summed E-state index contributed by atoms with van der Waals surface area (Å²) in [7, 11) is 0. The van der Waals surface area contributed by atoms with Crippen LogP contribution in [0.4, 0.5) is 5.69 Å². The first-order valence-electron chi connectivity index (χ1n) is 10.9. The standard InChI is InChI=1S/C25H34N2O2/c1-19(2)26(20(3)4)17-11-6-12-18-27-22-15-9-10-16-23(22)29-24(25(27)28)21-13-7-5-8-14-21/h5,7-10,13-16,19-20,24H,6,11-12,17-18H2,1-4H3. The quantitative estimate of drug-likeness (QED) is 0.531. The summed E-state index contributed by atoms with van der Waals surface area (Å²) in [4.78, 5) is 17.7. The van der Waals surface area contributed by atoms with Crippen molar-refractivity contribution in [3.05, 3.63) is 60.2 Å². The van der Waals surface area contributed by atoms with E-state index in [0.29, 0.717) is 12.1 Å². The molecule has 4 heteroatoms. The van der Waals surface area contributed by atoms with Gasteiger partial charge in [0.2, 0.25) is 6.10 Å². The topological polar surface area (TPSA) is 32.8 Å². The third-order valence-corrected chi connectivity index (χ3v) is 5.62.